The Hall–Kier alpha value is -0.0800. The van der Waals surface area contributed by atoms with E-state index in [0.717, 1.165) is 12.5 Å². The highest BCUT2D eigenvalue weighted by Crippen LogP contribution is 2.30. The van der Waals surface area contributed by atoms with Crippen molar-refractivity contribution in [1.29, 1.82) is 0 Å². The van der Waals surface area contributed by atoms with E-state index in [9.17, 15) is 0 Å². The van der Waals surface area contributed by atoms with Crippen LogP contribution in [-0.2, 0) is 0 Å². The van der Waals surface area contributed by atoms with Crippen molar-refractivity contribution in [3.05, 3.63) is 0 Å². The average Bonchev–Trinajstić information content (AvgIpc) is 2.27. The molecule has 0 aliphatic carbocycles. The maximum atomic E-state index is 3.78. The minimum atomic E-state index is 0.301. The number of rotatable bonds is 4. The molecule has 0 bridgehead atoms. The predicted molar refractivity (Wildman–Crippen MR) is 81.0 cm³/mol. The molecule has 0 aromatic carbocycles. The van der Waals surface area contributed by atoms with Crippen molar-refractivity contribution < 1.29 is 0 Å². The Morgan fingerprint density at radius 1 is 1.33 bits per heavy atom. The van der Waals surface area contributed by atoms with E-state index in [1.54, 1.807) is 0 Å². The van der Waals surface area contributed by atoms with Crippen LogP contribution in [0.5, 0.6) is 0 Å². The Bertz CT molecular complexity index is 256. The average molecular weight is 254 g/mol. The Morgan fingerprint density at radius 3 is 2.39 bits per heavy atom. The minimum Gasteiger partial charge on any atom is -0.309 e. The second-order valence-electron chi connectivity index (χ2n) is 7.62. The molecule has 1 heterocycles. The lowest BCUT2D eigenvalue weighted by molar-refractivity contribution is 0.0168. The second-order valence-corrected chi connectivity index (χ2v) is 7.62. The summed E-state index contributed by atoms with van der Waals surface area (Å²) in [6.07, 6.45) is 2.49. The molecule has 0 aromatic rings. The van der Waals surface area contributed by atoms with Crippen molar-refractivity contribution in [1.82, 2.24) is 10.2 Å². The third-order valence-corrected chi connectivity index (χ3v) is 4.74. The SMILES string of the molecule is CCC(C)CN1CC(C)(CC)NCC1C(C)(C)C. The number of hydrogen-bond acceptors (Lipinski definition) is 2. The highest BCUT2D eigenvalue weighted by molar-refractivity contribution is 4.98. The van der Waals surface area contributed by atoms with Crippen LogP contribution in [0.25, 0.3) is 0 Å². The van der Waals surface area contributed by atoms with Crippen LogP contribution < -0.4 is 5.32 Å². The van der Waals surface area contributed by atoms with Gasteiger partial charge in [-0.3, -0.25) is 4.90 Å². The zero-order valence-electron chi connectivity index (χ0n) is 13.6. The fourth-order valence-corrected chi connectivity index (χ4v) is 2.90. The van der Waals surface area contributed by atoms with Crippen LogP contribution in [-0.4, -0.2) is 36.1 Å². The van der Waals surface area contributed by atoms with Crippen molar-refractivity contribution in [2.45, 2.75) is 72.9 Å². The molecule has 1 aliphatic heterocycles. The summed E-state index contributed by atoms with van der Waals surface area (Å²) in [6, 6.07) is 0.658. The van der Waals surface area contributed by atoms with E-state index in [1.807, 2.05) is 0 Å². The van der Waals surface area contributed by atoms with Gasteiger partial charge in [-0.25, -0.2) is 0 Å². The summed E-state index contributed by atoms with van der Waals surface area (Å²) < 4.78 is 0. The van der Waals surface area contributed by atoms with Crippen LogP contribution in [0.1, 0.15) is 61.3 Å². The lowest BCUT2D eigenvalue weighted by Crippen LogP contribution is -2.66. The zero-order chi connectivity index (χ0) is 14.0. The van der Waals surface area contributed by atoms with Crippen LogP contribution in [0.3, 0.4) is 0 Å². The van der Waals surface area contributed by atoms with Crippen LogP contribution in [0.2, 0.25) is 0 Å². The molecule has 1 rings (SSSR count). The van der Waals surface area contributed by atoms with Crippen molar-refractivity contribution >= 4 is 0 Å². The first kappa shape index (κ1) is 16.0. The Kier molecular flexibility index (Phi) is 5.25. The third kappa shape index (κ3) is 3.96. The normalized spacial score (nSPS) is 32.5. The van der Waals surface area contributed by atoms with Gasteiger partial charge in [0.25, 0.3) is 0 Å². The molecule has 0 saturated carbocycles. The molecule has 1 aliphatic rings. The lowest BCUT2D eigenvalue weighted by atomic mass is 9.81. The van der Waals surface area contributed by atoms with Crippen LogP contribution in [0, 0.1) is 11.3 Å². The maximum Gasteiger partial charge on any atom is 0.0278 e. The van der Waals surface area contributed by atoms with Gasteiger partial charge in [0, 0.05) is 31.2 Å². The van der Waals surface area contributed by atoms with Crippen molar-refractivity contribution in [3.63, 3.8) is 0 Å². The fraction of sp³-hybridized carbons (Fsp3) is 1.00. The predicted octanol–water partition coefficient (Wildman–Crippen LogP) is 3.52. The molecule has 2 nitrogen and oxygen atoms in total. The van der Waals surface area contributed by atoms with Crippen LogP contribution in [0.4, 0.5) is 0 Å². The summed E-state index contributed by atoms with van der Waals surface area (Å²) in [5, 5.41) is 3.78. The van der Waals surface area contributed by atoms with E-state index in [2.05, 4.69) is 58.7 Å². The quantitative estimate of drug-likeness (QED) is 0.826. The van der Waals surface area contributed by atoms with E-state index in [-0.39, 0.29) is 0 Å². The number of nitrogens with one attached hydrogen (secondary N) is 1. The Balaban J connectivity index is 2.80. The smallest absolute Gasteiger partial charge is 0.0278 e. The van der Waals surface area contributed by atoms with Gasteiger partial charge in [-0.15, -0.1) is 0 Å². The molecule has 108 valence electrons. The molecule has 0 amide bonds. The van der Waals surface area contributed by atoms with E-state index in [0.29, 0.717) is 17.0 Å². The minimum absolute atomic E-state index is 0.301. The molecule has 18 heavy (non-hydrogen) atoms. The molecular weight excluding hydrogens is 220 g/mol. The second kappa shape index (κ2) is 5.92. The van der Waals surface area contributed by atoms with E-state index < -0.39 is 0 Å². The molecule has 2 heteroatoms. The number of nitrogens with zero attached hydrogens (tertiary/aromatic N) is 1. The molecule has 1 fully saturated rings. The molecule has 1 saturated heterocycles. The lowest BCUT2D eigenvalue weighted by Gasteiger charge is -2.51. The largest absolute Gasteiger partial charge is 0.309 e. The zero-order valence-corrected chi connectivity index (χ0v) is 13.6. The topological polar surface area (TPSA) is 15.3 Å². The van der Waals surface area contributed by atoms with Gasteiger partial charge < -0.3 is 5.32 Å². The van der Waals surface area contributed by atoms with Gasteiger partial charge in [-0.2, -0.15) is 0 Å². The number of piperazine rings is 1. The third-order valence-electron chi connectivity index (χ3n) is 4.74. The van der Waals surface area contributed by atoms with E-state index >= 15 is 0 Å². The van der Waals surface area contributed by atoms with Crippen molar-refractivity contribution in [3.8, 4) is 0 Å². The molecule has 0 radical (unpaired) electrons. The van der Waals surface area contributed by atoms with Crippen molar-refractivity contribution in [2.24, 2.45) is 11.3 Å². The summed E-state index contributed by atoms with van der Waals surface area (Å²) in [6.45, 7) is 20.0. The van der Waals surface area contributed by atoms with Gasteiger partial charge in [0.15, 0.2) is 0 Å². The van der Waals surface area contributed by atoms with Gasteiger partial charge in [0.2, 0.25) is 0 Å². The van der Waals surface area contributed by atoms with E-state index in [1.165, 1.54) is 25.9 Å². The van der Waals surface area contributed by atoms with E-state index in [4.69, 9.17) is 0 Å². The molecule has 0 spiro atoms. The standard InChI is InChI=1S/C16H34N2/c1-8-13(3)11-18-12-16(7,9-2)17-10-14(18)15(4,5)6/h13-14,17H,8-12H2,1-7H3. The highest BCUT2D eigenvalue weighted by Gasteiger charge is 2.39. The fourth-order valence-electron chi connectivity index (χ4n) is 2.90. The highest BCUT2D eigenvalue weighted by atomic mass is 15.3. The summed E-state index contributed by atoms with van der Waals surface area (Å²) in [4.78, 5) is 2.74. The monoisotopic (exact) mass is 254 g/mol. The summed E-state index contributed by atoms with van der Waals surface area (Å²) in [5.41, 5.74) is 0.657. The molecule has 3 atom stereocenters. The Morgan fingerprint density at radius 2 is 1.94 bits per heavy atom. The summed E-state index contributed by atoms with van der Waals surface area (Å²) >= 11 is 0. The number of hydrogen-bond donors (Lipinski definition) is 1. The van der Waals surface area contributed by atoms with Gasteiger partial charge in [0.05, 0.1) is 0 Å². The van der Waals surface area contributed by atoms with Gasteiger partial charge in [-0.05, 0) is 24.7 Å². The van der Waals surface area contributed by atoms with Crippen LogP contribution in [0.15, 0.2) is 0 Å². The van der Waals surface area contributed by atoms with Crippen LogP contribution >= 0.6 is 0 Å². The first-order valence-electron chi connectivity index (χ1n) is 7.71. The van der Waals surface area contributed by atoms with Gasteiger partial charge in [-0.1, -0.05) is 48.0 Å². The van der Waals surface area contributed by atoms with Gasteiger partial charge in [0.1, 0.15) is 0 Å². The maximum absolute atomic E-state index is 3.78. The molecule has 0 aromatic heterocycles. The summed E-state index contributed by atoms with van der Waals surface area (Å²) in [7, 11) is 0. The first-order valence-corrected chi connectivity index (χ1v) is 7.71. The summed E-state index contributed by atoms with van der Waals surface area (Å²) in [5.74, 6) is 0.800. The first-order chi connectivity index (χ1) is 8.22. The molecule has 3 unspecified atom stereocenters. The molecule has 1 N–H and O–H groups in total. The van der Waals surface area contributed by atoms with Gasteiger partial charge >= 0.3 is 0 Å². The Labute approximate surface area is 115 Å². The molecular formula is C16H34N2. The van der Waals surface area contributed by atoms with Crippen molar-refractivity contribution in [2.75, 3.05) is 19.6 Å².